The Hall–Kier alpha value is -1.61. The van der Waals surface area contributed by atoms with Crippen LogP contribution in [0.25, 0.3) is 11.1 Å². The number of rotatable bonds is 4. The monoisotopic (exact) mass is 257 g/mol. The second-order valence-electron chi connectivity index (χ2n) is 4.98. The van der Waals surface area contributed by atoms with Crippen molar-refractivity contribution in [1.82, 2.24) is 9.78 Å². The van der Waals surface area contributed by atoms with Gasteiger partial charge in [-0.15, -0.1) is 0 Å². The molecule has 0 saturated carbocycles. The lowest BCUT2D eigenvalue weighted by atomic mass is 9.93. The van der Waals surface area contributed by atoms with Gasteiger partial charge in [-0.25, -0.2) is 0 Å². The first-order chi connectivity index (χ1) is 9.10. The molecule has 0 saturated heterocycles. The third kappa shape index (κ3) is 2.43. The van der Waals surface area contributed by atoms with E-state index in [9.17, 15) is 0 Å². The van der Waals surface area contributed by atoms with Gasteiger partial charge in [-0.2, -0.15) is 5.10 Å². The Morgan fingerprint density at radius 1 is 1.21 bits per heavy atom. The van der Waals surface area contributed by atoms with Gasteiger partial charge in [0.05, 0.1) is 5.69 Å². The van der Waals surface area contributed by atoms with E-state index in [4.69, 9.17) is 5.73 Å². The number of aromatic nitrogens is 2. The number of nitrogens with zero attached hydrogens (tertiary/aromatic N) is 2. The van der Waals surface area contributed by atoms with Crippen LogP contribution in [-0.4, -0.2) is 9.78 Å². The molecule has 1 aromatic carbocycles. The van der Waals surface area contributed by atoms with E-state index in [0.717, 1.165) is 18.5 Å². The lowest BCUT2D eigenvalue weighted by Crippen LogP contribution is -2.07. The van der Waals surface area contributed by atoms with E-state index in [1.54, 1.807) is 0 Å². The molecule has 0 radical (unpaired) electrons. The molecule has 1 atom stereocenters. The van der Waals surface area contributed by atoms with Crippen LogP contribution in [0.3, 0.4) is 0 Å². The minimum Gasteiger partial charge on any atom is -0.324 e. The molecule has 0 bridgehead atoms. The molecule has 2 N–H and O–H groups in total. The molecule has 0 spiro atoms. The molecule has 1 aromatic heterocycles. The molecule has 0 amide bonds. The van der Waals surface area contributed by atoms with Gasteiger partial charge in [0.25, 0.3) is 0 Å². The third-order valence-corrected chi connectivity index (χ3v) is 3.63. The summed E-state index contributed by atoms with van der Waals surface area (Å²) in [4.78, 5) is 0. The van der Waals surface area contributed by atoms with E-state index in [-0.39, 0.29) is 6.04 Å². The molecule has 1 heterocycles. The van der Waals surface area contributed by atoms with E-state index in [1.807, 2.05) is 18.7 Å². The summed E-state index contributed by atoms with van der Waals surface area (Å²) in [6, 6.07) is 8.44. The Labute approximate surface area is 115 Å². The first kappa shape index (κ1) is 13.8. The molecular formula is C16H23N3. The van der Waals surface area contributed by atoms with Gasteiger partial charge in [-0.3, -0.25) is 4.68 Å². The number of hydrogen-bond donors (Lipinski definition) is 1. The minimum absolute atomic E-state index is 0.0332. The molecule has 1 unspecified atom stereocenters. The molecular weight excluding hydrogens is 234 g/mol. The molecule has 3 nitrogen and oxygen atoms in total. The summed E-state index contributed by atoms with van der Waals surface area (Å²) in [5.41, 5.74) is 12.3. The number of hydrogen-bond acceptors (Lipinski definition) is 2. The van der Waals surface area contributed by atoms with Crippen molar-refractivity contribution in [3.63, 3.8) is 0 Å². The van der Waals surface area contributed by atoms with Crippen LogP contribution in [-0.2, 0) is 19.9 Å². The van der Waals surface area contributed by atoms with E-state index in [1.165, 1.54) is 22.4 Å². The van der Waals surface area contributed by atoms with Crippen molar-refractivity contribution in [1.29, 1.82) is 0 Å². The van der Waals surface area contributed by atoms with E-state index in [0.29, 0.717) is 0 Å². The first-order valence-corrected chi connectivity index (χ1v) is 6.99. The summed E-state index contributed by atoms with van der Waals surface area (Å²) in [5.74, 6) is 0. The fraction of sp³-hybridized carbons (Fsp3) is 0.438. The smallest absolute Gasteiger partial charge is 0.0703 e. The van der Waals surface area contributed by atoms with E-state index >= 15 is 0 Å². The van der Waals surface area contributed by atoms with Crippen molar-refractivity contribution in [2.75, 3.05) is 0 Å². The maximum Gasteiger partial charge on any atom is 0.0703 e. The highest BCUT2D eigenvalue weighted by atomic mass is 15.3. The molecule has 102 valence electrons. The maximum atomic E-state index is 6.11. The van der Waals surface area contributed by atoms with Crippen LogP contribution < -0.4 is 5.73 Å². The quantitative estimate of drug-likeness (QED) is 0.914. The van der Waals surface area contributed by atoms with Crippen molar-refractivity contribution in [2.24, 2.45) is 12.8 Å². The molecule has 0 fully saturated rings. The molecule has 2 aromatic rings. The Kier molecular flexibility index (Phi) is 4.05. The zero-order valence-electron chi connectivity index (χ0n) is 12.3. The Morgan fingerprint density at radius 2 is 1.89 bits per heavy atom. The van der Waals surface area contributed by atoms with Crippen molar-refractivity contribution >= 4 is 0 Å². The van der Waals surface area contributed by atoms with Gasteiger partial charge in [0, 0.05) is 24.3 Å². The average molecular weight is 257 g/mol. The van der Waals surface area contributed by atoms with E-state index < -0.39 is 0 Å². The summed E-state index contributed by atoms with van der Waals surface area (Å²) in [5, 5.41) is 4.65. The zero-order valence-corrected chi connectivity index (χ0v) is 12.3. The molecule has 3 heteroatoms. The van der Waals surface area contributed by atoms with Crippen molar-refractivity contribution in [2.45, 2.75) is 39.7 Å². The van der Waals surface area contributed by atoms with Crippen molar-refractivity contribution < 1.29 is 0 Å². The van der Waals surface area contributed by atoms with Gasteiger partial charge in [-0.1, -0.05) is 38.1 Å². The predicted octanol–water partition coefficient (Wildman–Crippen LogP) is 3.23. The minimum atomic E-state index is 0.0332. The standard InChI is InChI=1S/C16H23N3/c1-5-14-16(15(6-2)19(4)18-14)13-10-8-7-9-12(13)11(3)17/h7-11H,5-6,17H2,1-4H3. The van der Waals surface area contributed by atoms with Crippen LogP contribution >= 0.6 is 0 Å². The van der Waals surface area contributed by atoms with Crippen LogP contribution in [0.5, 0.6) is 0 Å². The number of benzene rings is 1. The highest BCUT2D eigenvalue weighted by molar-refractivity contribution is 5.72. The van der Waals surface area contributed by atoms with Crippen LogP contribution in [0.2, 0.25) is 0 Å². The van der Waals surface area contributed by atoms with Gasteiger partial charge in [0.15, 0.2) is 0 Å². The SMILES string of the molecule is CCc1nn(C)c(CC)c1-c1ccccc1C(C)N. The number of nitrogens with two attached hydrogens (primary N) is 1. The highest BCUT2D eigenvalue weighted by Gasteiger charge is 2.18. The maximum absolute atomic E-state index is 6.11. The van der Waals surface area contributed by atoms with Crippen LogP contribution in [0.15, 0.2) is 24.3 Å². The fourth-order valence-electron chi connectivity index (χ4n) is 2.71. The normalized spacial score (nSPS) is 12.7. The lowest BCUT2D eigenvalue weighted by molar-refractivity contribution is 0.705. The summed E-state index contributed by atoms with van der Waals surface area (Å²) in [7, 11) is 2.02. The van der Waals surface area contributed by atoms with Gasteiger partial charge >= 0.3 is 0 Å². The largest absolute Gasteiger partial charge is 0.324 e. The Bertz CT molecular complexity index is 567. The van der Waals surface area contributed by atoms with E-state index in [2.05, 4.69) is 43.2 Å². The molecule has 0 aliphatic heterocycles. The van der Waals surface area contributed by atoms with Crippen LogP contribution in [0.4, 0.5) is 0 Å². The summed E-state index contributed by atoms with van der Waals surface area (Å²) in [6.45, 7) is 6.36. The van der Waals surface area contributed by atoms with Gasteiger partial charge < -0.3 is 5.73 Å². The second kappa shape index (κ2) is 5.57. The molecule has 2 rings (SSSR count). The molecule has 0 aliphatic carbocycles. The summed E-state index contributed by atoms with van der Waals surface area (Å²) in [6.07, 6.45) is 1.92. The highest BCUT2D eigenvalue weighted by Crippen LogP contribution is 2.33. The number of aryl methyl sites for hydroxylation is 2. The summed E-state index contributed by atoms with van der Waals surface area (Å²) >= 11 is 0. The Balaban J connectivity index is 2.71. The lowest BCUT2D eigenvalue weighted by Gasteiger charge is -2.14. The van der Waals surface area contributed by atoms with Crippen LogP contribution in [0.1, 0.15) is 43.8 Å². The third-order valence-electron chi connectivity index (χ3n) is 3.63. The molecule has 0 aliphatic rings. The Morgan fingerprint density at radius 3 is 2.47 bits per heavy atom. The second-order valence-corrected chi connectivity index (χ2v) is 4.98. The van der Waals surface area contributed by atoms with Crippen molar-refractivity contribution in [3.8, 4) is 11.1 Å². The van der Waals surface area contributed by atoms with Crippen molar-refractivity contribution in [3.05, 3.63) is 41.2 Å². The first-order valence-electron chi connectivity index (χ1n) is 6.99. The van der Waals surface area contributed by atoms with Gasteiger partial charge in [0.2, 0.25) is 0 Å². The molecule has 19 heavy (non-hydrogen) atoms. The predicted molar refractivity (Wildman–Crippen MR) is 80.0 cm³/mol. The zero-order chi connectivity index (χ0) is 14.0. The fourth-order valence-corrected chi connectivity index (χ4v) is 2.71. The summed E-state index contributed by atoms with van der Waals surface area (Å²) < 4.78 is 2.01. The topological polar surface area (TPSA) is 43.8 Å². The average Bonchev–Trinajstić information content (AvgIpc) is 2.74. The van der Waals surface area contributed by atoms with Gasteiger partial charge in [0.1, 0.15) is 0 Å². The van der Waals surface area contributed by atoms with Crippen LogP contribution in [0, 0.1) is 0 Å². The van der Waals surface area contributed by atoms with Gasteiger partial charge in [-0.05, 0) is 30.9 Å².